The number of halogens is 5. The van der Waals surface area contributed by atoms with Gasteiger partial charge in [0.2, 0.25) is 0 Å². The molecule has 0 N–H and O–H groups in total. The molecule has 0 aliphatic carbocycles. The topological polar surface area (TPSA) is 22.0 Å². The van der Waals surface area contributed by atoms with E-state index in [0.717, 1.165) is 6.20 Å². The summed E-state index contributed by atoms with van der Waals surface area (Å²) in [5, 5.41) is 0. The Morgan fingerprint density at radius 1 is 1.36 bits per heavy atom. The molecule has 0 aromatic carbocycles. The average molecular weight is 335 g/mol. The Morgan fingerprint density at radius 2 is 1.93 bits per heavy atom. The number of nitrogens with zero attached hydrogens (tertiary/aromatic N) is 1. The normalized spacial score (nSPS) is 11.8. The minimum Gasteiger partial charge on any atom is -0.304 e. The van der Waals surface area contributed by atoms with Gasteiger partial charge >= 0.3 is 6.18 Å². The molecule has 1 aromatic rings. The predicted octanol–water partition coefficient (Wildman–Crippen LogP) is 2.94. The standard InChI is InChI=1S/C7H4Br2F3NO/c8-4-1-5(9)6(14)13(2-4)3-7(10,11)12/h1-2H,3H2. The zero-order valence-corrected chi connectivity index (χ0v) is 9.78. The first-order valence-corrected chi connectivity index (χ1v) is 5.00. The van der Waals surface area contributed by atoms with Crippen LogP contribution in [0, 0.1) is 0 Å². The van der Waals surface area contributed by atoms with E-state index in [1.54, 1.807) is 0 Å². The second-order valence-corrected chi connectivity index (χ2v) is 4.32. The van der Waals surface area contributed by atoms with Crippen molar-refractivity contribution in [3.63, 3.8) is 0 Å². The number of hydrogen-bond donors (Lipinski definition) is 0. The Morgan fingerprint density at radius 3 is 2.43 bits per heavy atom. The van der Waals surface area contributed by atoms with Crippen molar-refractivity contribution >= 4 is 31.9 Å². The van der Waals surface area contributed by atoms with Gasteiger partial charge in [-0.2, -0.15) is 13.2 Å². The van der Waals surface area contributed by atoms with Gasteiger partial charge in [0, 0.05) is 10.7 Å². The van der Waals surface area contributed by atoms with Crippen LogP contribution in [0.3, 0.4) is 0 Å². The Hall–Kier alpha value is -0.300. The van der Waals surface area contributed by atoms with Crippen LogP contribution in [0.25, 0.3) is 0 Å². The first kappa shape index (κ1) is 11.8. The lowest BCUT2D eigenvalue weighted by Crippen LogP contribution is -2.28. The highest BCUT2D eigenvalue weighted by Crippen LogP contribution is 2.19. The van der Waals surface area contributed by atoms with Crippen molar-refractivity contribution in [3.8, 4) is 0 Å². The van der Waals surface area contributed by atoms with Crippen LogP contribution >= 0.6 is 31.9 Å². The second-order valence-electron chi connectivity index (χ2n) is 2.55. The van der Waals surface area contributed by atoms with Gasteiger partial charge in [-0.3, -0.25) is 4.79 Å². The lowest BCUT2D eigenvalue weighted by atomic mass is 10.4. The molecule has 0 fully saturated rings. The molecule has 0 atom stereocenters. The summed E-state index contributed by atoms with van der Waals surface area (Å²) in [4.78, 5) is 11.2. The summed E-state index contributed by atoms with van der Waals surface area (Å²) in [6.07, 6.45) is -3.30. The molecule has 0 bridgehead atoms. The Kier molecular flexibility index (Phi) is 3.41. The summed E-state index contributed by atoms with van der Waals surface area (Å²) >= 11 is 5.87. The van der Waals surface area contributed by atoms with Crippen molar-refractivity contribution in [2.75, 3.05) is 0 Å². The maximum Gasteiger partial charge on any atom is 0.406 e. The third-order valence-electron chi connectivity index (χ3n) is 1.36. The summed E-state index contributed by atoms with van der Waals surface area (Å²) in [6, 6.07) is 1.40. The molecule has 1 aromatic heterocycles. The Bertz CT molecular complexity index is 399. The monoisotopic (exact) mass is 333 g/mol. The van der Waals surface area contributed by atoms with Crippen LogP contribution in [0.4, 0.5) is 13.2 Å². The molecule has 0 saturated heterocycles. The van der Waals surface area contributed by atoms with E-state index < -0.39 is 18.3 Å². The fraction of sp³-hybridized carbons (Fsp3) is 0.286. The van der Waals surface area contributed by atoms with E-state index in [4.69, 9.17) is 0 Å². The van der Waals surface area contributed by atoms with Gasteiger partial charge in [-0.1, -0.05) is 0 Å². The van der Waals surface area contributed by atoms with E-state index in [2.05, 4.69) is 31.9 Å². The van der Waals surface area contributed by atoms with Crippen LogP contribution in [0.1, 0.15) is 0 Å². The molecule has 0 spiro atoms. The third kappa shape index (κ3) is 3.13. The summed E-state index contributed by atoms with van der Waals surface area (Å²) in [5.74, 6) is 0. The van der Waals surface area contributed by atoms with Crippen molar-refractivity contribution in [1.82, 2.24) is 4.57 Å². The molecule has 0 aliphatic heterocycles. The Labute approximate surface area is 94.0 Å². The van der Waals surface area contributed by atoms with Gasteiger partial charge in [0.05, 0.1) is 4.47 Å². The first-order chi connectivity index (χ1) is 6.29. The molecule has 2 nitrogen and oxygen atoms in total. The molecule has 0 unspecified atom stereocenters. The van der Waals surface area contributed by atoms with Gasteiger partial charge < -0.3 is 4.57 Å². The molecule has 0 radical (unpaired) electrons. The van der Waals surface area contributed by atoms with Crippen LogP contribution in [-0.2, 0) is 6.54 Å². The molecular weight excluding hydrogens is 331 g/mol. The number of hydrogen-bond acceptors (Lipinski definition) is 1. The average Bonchev–Trinajstić information content (AvgIpc) is 1.96. The fourth-order valence-electron chi connectivity index (χ4n) is 0.875. The first-order valence-electron chi connectivity index (χ1n) is 3.42. The SMILES string of the molecule is O=c1c(Br)cc(Br)cn1CC(F)(F)F. The van der Waals surface area contributed by atoms with E-state index in [-0.39, 0.29) is 4.47 Å². The lowest BCUT2D eigenvalue weighted by molar-refractivity contribution is -0.141. The molecule has 78 valence electrons. The highest BCUT2D eigenvalue weighted by atomic mass is 79.9. The molecule has 1 rings (SSSR count). The molecule has 0 aliphatic rings. The molecule has 7 heteroatoms. The van der Waals surface area contributed by atoms with E-state index in [9.17, 15) is 18.0 Å². The highest BCUT2D eigenvalue weighted by Gasteiger charge is 2.28. The summed E-state index contributed by atoms with van der Waals surface area (Å²) in [7, 11) is 0. The van der Waals surface area contributed by atoms with E-state index in [0.29, 0.717) is 9.04 Å². The number of rotatable bonds is 1. The number of pyridine rings is 1. The van der Waals surface area contributed by atoms with E-state index in [1.165, 1.54) is 6.07 Å². The molecular formula is C7H4Br2F3NO. The van der Waals surface area contributed by atoms with Crippen molar-refractivity contribution in [2.45, 2.75) is 12.7 Å². The smallest absolute Gasteiger partial charge is 0.304 e. The summed E-state index contributed by atoms with van der Waals surface area (Å²) < 4.78 is 37.1. The second kappa shape index (κ2) is 4.06. The van der Waals surface area contributed by atoms with Crippen LogP contribution in [0.15, 0.2) is 26.0 Å². The molecule has 1 heterocycles. The lowest BCUT2D eigenvalue weighted by Gasteiger charge is -2.09. The van der Waals surface area contributed by atoms with Gasteiger partial charge in [-0.15, -0.1) is 0 Å². The van der Waals surface area contributed by atoms with E-state index in [1.807, 2.05) is 0 Å². The minimum absolute atomic E-state index is 0.0936. The molecule has 0 saturated carbocycles. The predicted molar refractivity (Wildman–Crippen MR) is 52.2 cm³/mol. The fourth-order valence-corrected chi connectivity index (χ4v) is 2.13. The molecule has 14 heavy (non-hydrogen) atoms. The number of alkyl halides is 3. The number of aromatic nitrogens is 1. The Balaban J connectivity index is 3.16. The summed E-state index contributed by atoms with van der Waals surface area (Å²) in [5.41, 5.74) is -0.703. The van der Waals surface area contributed by atoms with E-state index >= 15 is 0 Å². The van der Waals surface area contributed by atoms with Crippen molar-refractivity contribution in [1.29, 1.82) is 0 Å². The maximum atomic E-state index is 12.0. The van der Waals surface area contributed by atoms with Crippen LogP contribution in [0.5, 0.6) is 0 Å². The van der Waals surface area contributed by atoms with Crippen molar-refractivity contribution in [2.24, 2.45) is 0 Å². The van der Waals surface area contributed by atoms with Crippen LogP contribution in [-0.4, -0.2) is 10.7 Å². The van der Waals surface area contributed by atoms with Crippen molar-refractivity contribution in [3.05, 3.63) is 31.6 Å². The van der Waals surface area contributed by atoms with Gasteiger partial charge in [0.1, 0.15) is 6.54 Å². The zero-order chi connectivity index (χ0) is 10.9. The highest BCUT2D eigenvalue weighted by molar-refractivity contribution is 9.11. The van der Waals surface area contributed by atoms with Gasteiger partial charge in [0.15, 0.2) is 0 Å². The quantitative estimate of drug-likeness (QED) is 0.774. The maximum absolute atomic E-state index is 12.0. The van der Waals surface area contributed by atoms with Gasteiger partial charge in [-0.05, 0) is 37.9 Å². The van der Waals surface area contributed by atoms with Crippen LogP contribution in [0.2, 0.25) is 0 Å². The molecule has 0 amide bonds. The third-order valence-corrected chi connectivity index (χ3v) is 2.36. The summed E-state index contributed by atoms with van der Waals surface area (Å²) in [6.45, 7) is -1.29. The zero-order valence-electron chi connectivity index (χ0n) is 6.61. The largest absolute Gasteiger partial charge is 0.406 e. The van der Waals surface area contributed by atoms with Crippen LogP contribution < -0.4 is 5.56 Å². The van der Waals surface area contributed by atoms with Crippen molar-refractivity contribution < 1.29 is 13.2 Å². The minimum atomic E-state index is -4.40. The van der Waals surface area contributed by atoms with Gasteiger partial charge in [0.25, 0.3) is 5.56 Å². The van der Waals surface area contributed by atoms with Gasteiger partial charge in [-0.25, -0.2) is 0 Å².